The number of halogens is 2. The molecule has 2 aliphatic rings. The topological polar surface area (TPSA) is 48.1 Å². The molecule has 0 heterocycles. The molecule has 0 unspecified atom stereocenters. The summed E-state index contributed by atoms with van der Waals surface area (Å²) >= 11 is 19.9. The first-order valence-corrected chi connectivity index (χ1v) is 9.27. The molecule has 1 saturated carbocycles. The number of anilines is 1. The number of allylic oxidation sites excluding steroid dienone is 1. The van der Waals surface area contributed by atoms with E-state index >= 15 is 0 Å². The Morgan fingerprint density at radius 3 is 2.57 bits per heavy atom. The molecule has 0 aliphatic heterocycles. The van der Waals surface area contributed by atoms with Crippen molar-refractivity contribution in [2.24, 2.45) is 11.8 Å². The van der Waals surface area contributed by atoms with Gasteiger partial charge in [0.05, 0.1) is 5.02 Å². The van der Waals surface area contributed by atoms with E-state index in [0.29, 0.717) is 33.1 Å². The third-order valence-electron chi connectivity index (χ3n) is 4.06. The summed E-state index contributed by atoms with van der Waals surface area (Å²) in [4.78, 5) is 0. The quantitative estimate of drug-likeness (QED) is 0.325. The lowest BCUT2D eigenvalue weighted by atomic mass is 10.0. The van der Waals surface area contributed by atoms with Crippen molar-refractivity contribution in [2.45, 2.75) is 18.9 Å². The van der Waals surface area contributed by atoms with Gasteiger partial charge in [0.1, 0.15) is 0 Å². The molecule has 122 valence electrons. The van der Waals surface area contributed by atoms with E-state index in [1.54, 1.807) is 6.07 Å². The molecule has 0 amide bonds. The lowest BCUT2D eigenvalue weighted by Crippen LogP contribution is -2.51. The van der Waals surface area contributed by atoms with Crippen LogP contribution in [0.1, 0.15) is 12.8 Å². The molecule has 4 nitrogen and oxygen atoms in total. The molecule has 0 radical (unpaired) electrons. The van der Waals surface area contributed by atoms with Crippen molar-refractivity contribution in [1.82, 2.24) is 16.2 Å². The van der Waals surface area contributed by atoms with Gasteiger partial charge in [-0.2, -0.15) is 0 Å². The standard InChI is InChI=1S/C15H16BrClN4S2/c16-11-4-3-10(7-12(11)17)18-14(22)20-21-15(23)19-13-6-8-1-2-9(13)5-8/h1-4,7-9,13H,5-6H2,(H2,18,20,22)(H2,19,21,23)/t8-,9-,13-/m1/s1. The third kappa shape index (κ3) is 4.35. The van der Waals surface area contributed by atoms with Crippen LogP contribution in [-0.4, -0.2) is 16.3 Å². The second kappa shape index (κ2) is 7.34. The van der Waals surface area contributed by atoms with Gasteiger partial charge in [0.15, 0.2) is 10.2 Å². The molecule has 0 saturated heterocycles. The highest BCUT2D eigenvalue weighted by molar-refractivity contribution is 9.10. The number of hydrogen-bond acceptors (Lipinski definition) is 2. The predicted octanol–water partition coefficient (Wildman–Crippen LogP) is 3.73. The molecule has 2 bridgehead atoms. The lowest BCUT2D eigenvalue weighted by Gasteiger charge is -2.22. The van der Waals surface area contributed by atoms with Gasteiger partial charge in [-0.15, -0.1) is 0 Å². The lowest BCUT2D eigenvalue weighted by molar-refractivity contribution is 0.518. The second-order valence-corrected chi connectivity index (χ2v) is 7.77. The number of benzene rings is 1. The zero-order chi connectivity index (χ0) is 16.4. The van der Waals surface area contributed by atoms with Crippen molar-refractivity contribution < 1.29 is 0 Å². The number of rotatable bonds is 2. The van der Waals surface area contributed by atoms with Gasteiger partial charge >= 0.3 is 0 Å². The van der Waals surface area contributed by atoms with Crippen molar-refractivity contribution in [1.29, 1.82) is 0 Å². The van der Waals surface area contributed by atoms with Crippen LogP contribution in [0.3, 0.4) is 0 Å². The summed E-state index contributed by atoms with van der Waals surface area (Å²) in [6.45, 7) is 0. The molecule has 8 heteroatoms. The molecule has 3 atom stereocenters. The third-order valence-corrected chi connectivity index (χ3v) is 5.72. The molecule has 23 heavy (non-hydrogen) atoms. The van der Waals surface area contributed by atoms with Gasteiger partial charge < -0.3 is 10.6 Å². The van der Waals surface area contributed by atoms with Crippen LogP contribution >= 0.6 is 52.0 Å². The van der Waals surface area contributed by atoms with Gasteiger partial charge in [0, 0.05) is 16.2 Å². The van der Waals surface area contributed by atoms with E-state index in [9.17, 15) is 0 Å². The molecule has 0 aromatic heterocycles. The van der Waals surface area contributed by atoms with Crippen molar-refractivity contribution in [3.05, 3.63) is 39.8 Å². The normalized spacial score (nSPS) is 24.3. The van der Waals surface area contributed by atoms with Crippen LogP contribution in [0, 0.1) is 11.8 Å². The SMILES string of the molecule is S=C(NNC(=S)N[C@@H]1C[C@@H]2C=C[C@@H]1C2)Nc1ccc(Br)c(Cl)c1. The van der Waals surface area contributed by atoms with Gasteiger partial charge in [-0.1, -0.05) is 23.8 Å². The molecule has 3 rings (SSSR count). The average Bonchev–Trinajstić information content (AvgIpc) is 3.12. The van der Waals surface area contributed by atoms with E-state index in [4.69, 9.17) is 36.0 Å². The summed E-state index contributed by atoms with van der Waals surface area (Å²) in [6, 6.07) is 5.94. The summed E-state index contributed by atoms with van der Waals surface area (Å²) in [7, 11) is 0. The molecular weight excluding hydrogens is 416 g/mol. The van der Waals surface area contributed by atoms with Crippen molar-refractivity contribution >= 4 is 67.9 Å². The van der Waals surface area contributed by atoms with Gasteiger partial charge in [0.25, 0.3) is 0 Å². The Kier molecular flexibility index (Phi) is 5.41. The summed E-state index contributed by atoms with van der Waals surface area (Å²) in [6.07, 6.45) is 6.96. The highest BCUT2D eigenvalue weighted by atomic mass is 79.9. The fourth-order valence-corrected chi connectivity index (χ4v) is 3.80. The number of hydrazine groups is 1. The molecule has 0 spiro atoms. The largest absolute Gasteiger partial charge is 0.358 e. The van der Waals surface area contributed by atoms with Gasteiger partial charge in [-0.25, -0.2) is 0 Å². The molecule has 1 fully saturated rings. The Morgan fingerprint density at radius 2 is 1.91 bits per heavy atom. The number of hydrogen-bond donors (Lipinski definition) is 4. The Hall–Kier alpha value is -0.890. The van der Waals surface area contributed by atoms with Crippen LogP contribution in [0.25, 0.3) is 0 Å². The van der Waals surface area contributed by atoms with Gasteiger partial charge in [-0.3, -0.25) is 10.9 Å². The summed E-state index contributed by atoms with van der Waals surface area (Å²) in [5, 5.41) is 7.96. The monoisotopic (exact) mass is 430 g/mol. The predicted molar refractivity (Wildman–Crippen MR) is 107 cm³/mol. The highest BCUT2D eigenvalue weighted by Gasteiger charge is 2.35. The summed E-state index contributed by atoms with van der Waals surface area (Å²) in [5.74, 6) is 1.30. The first-order valence-electron chi connectivity index (χ1n) is 7.28. The second-order valence-electron chi connectivity index (χ2n) is 5.69. The van der Waals surface area contributed by atoms with Crippen molar-refractivity contribution in [3.8, 4) is 0 Å². The fraction of sp³-hybridized carbons (Fsp3) is 0.333. The first kappa shape index (κ1) is 17.0. The van der Waals surface area contributed by atoms with Crippen LogP contribution < -0.4 is 21.5 Å². The minimum atomic E-state index is 0.415. The van der Waals surface area contributed by atoms with Crippen LogP contribution in [-0.2, 0) is 0 Å². The minimum absolute atomic E-state index is 0.415. The van der Waals surface area contributed by atoms with E-state index in [1.807, 2.05) is 12.1 Å². The summed E-state index contributed by atoms with van der Waals surface area (Å²) in [5.41, 5.74) is 6.59. The molecule has 4 N–H and O–H groups in total. The molecular formula is C15H16BrClN4S2. The summed E-state index contributed by atoms with van der Waals surface area (Å²) < 4.78 is 0.840. The van der Waals surface area contributed by atoms with E-state index < -0.39 is 0 Å². The van der Waals surface area contributed by atoms with Crippen LogP contribution in [0.4, 0.5) is 5.69 Å². The number of fused-ring (bicyclic) bond motifs is 2. The molecule has 2 aliphatic carbocycles. The van der Waals surface area contributed by atoms with Crippen LogP contribution in [0.2, 0.25) is 5.02 Å². The first-order chi connectivity index (χ1) is 11.0. The highest BCUT2D eigenvalue weighted by Crippen LogP contribution is 2.38. The van der Waals surface area contributed by atoms with E-state index in [2.05, 4.69) is 49.6 Å². The van der Waals surface area contributed by atoms with E-state index in [-0.39, 0.29) is 0 Å². The number of nitrogens with one attached hydrogen (secondary N) is 4. The van der Waals surface area contributed by atoms with Crippen molar-refractivity contribution in [3.63, 3.8) is 0 Å². The van der Waals surface area contributed by atoms with Crippen LogP contribution in [0.5, 0.6) is 0 Å². The van der Waals surface area contributed by atoms with Gasteiger partial charge in [0.2, 0.25) is 0 Å². The maximum Gasteiger partial charge on any atom is 0.189 e. The Morgan fingerprint density at radius 1 is 1.13 bits per heavy atom. The Labute approximate surface area is 159 Å². The maximum atomic E-state index is 6.05. The average molecular weight is 432 g/mol. The Balaban J connectivity index is 1.42. The zero-order valence-electron chi connectivity index (χ0n) is 12.1. The van der Waals surface area contributed by atoms with Gasteiger partial charge in [-0.05, 0) is 83.2 Å². The maximum absolute atomic E-state index is 6.05. The zero-order valence-corrected chi connectivity index (χ0v) is 16.1. The van der Waals surface area contributed by atoms with Crippen LogP contribution in [0.15, 0.2) is 34.8 Å². The molecule has 1 aromatic carbocycles. The van der Waals surface area contributed by atoms with Crippen molar-refractivity contribution in [2.75, 3.05) is 5.32 Å². The smallest absolute Gasteiger partial charge is 0.189 e. The molecule has 1 aromatic rings. The number of thiocarbonyl (C=S) groups is 2. The minimum Gasteiger partial charge on any atom is -0.358 e. The van der Waals surface area contributed by atoms with E-state index in [0.717, 1.165) is 16.6 Å². The fourth-order valence-electron chi connectivity index (χ4n) is 3.00. The van der Waals surface area contributed by atoms with E-state index in [1.165, 1.54) is 6.42 Å². The Bertz CT molecular complexity index is 667.